The molecule has 0 aliphatic rings. The highest BCUT2D eigenvalue weighted by Crippen LogP contribution is 2.32. The number of rotatable bonds is 3. The van der Waals surface area contributed by atoms with Crippen LogP contribution in [0.2, 0.25) is 10.0 Å². The SMILES string of the molecule is Cc1ccc(C(N)=NO)c(Oc2ccc(Cl)cc2Cl)n1. The zero-order chi connectivity index (χ0) is 14.7. The normalized spacial score (nSPS) is 11.4. The summed E-state index contributed by atoms with van der Waals surface area (Å²) in [6.07, 6.45) is 0. The van der Waals surface area contributed by atoms with Crippen molar-refractivity contribution >= 4 is 29.0 Å². The van der Waals surface area contributed by atoms with Crippen molar-refractivity contribution < 1.29 is 9.94 Å². The maximum absolute atomic E-state index is 8.78. The predicted octanol–water partition coefficient (Wildman–Crippen LogP) is 3.58. The van der Waals surface area contributed by atoms with Crippen LogP contribution in [-0.4, -0.2) is 16.0 Å². The third-order valence-electron chi connectivity index (χ3n) is 2.48. The van der Waals surface area contributed by atoms with Crippen LogP contribution in [0, 0.1) is 6.92 Å². The molecule has 1 aromatic carbocycles. The topological polar surface area (TPSA) is 80.7 Å². The lowest BCUT2D eigenvalue weighted by Gasteiger charge is -2.11. The van der Waals surface area contributed by atoms with Crippen LogP contribution in [0.5, 0.6) is 11.6 Å². The van der Waals surface area contributed by atoms with Gasteiger partial charge in [-0.15, -0.1) is 0 Å². The van der Waals surface area contributed by atoms with Gasteiger partial charge < -0.3 is 15.7 Å². The van der Waals surface area contributed by atoms with E-state index in [9.17, 15) is 0 Å². The van der Waals surface area contributed by atoms with Gasteiger partial charge in [-0.3, -0.25) is 0 Å². The number of pyridine rings is 1. The average molecular weight is 312 g/mol. The van der Waals surface area contributed by atoms with Crippen molar-refractivity contribution in [2.24, 2.45) is 10.9 Å². The molecule has 1 heterocycles. The number of nitrogens with zero attached hydrogens (tertiary/aromatic N) is 2. The number of hydrogen-bond donors (Lipinski definition) is 2. The Labute approximate surface area is 125 Å². The summed E-state index contributed by atoms with van der Waals surface area (Å²) in [7, 11) is 0. The van der Waals surface area contributed by atoms with E-state index in [4.69, 9.17) is 38.9 Å². The van der Waals surface area contributed by atoms with Gasteiger partial charge in [0.15, 0.2) is 5.84 Å². The highest BCUT2D eigenvalue weighted by Gasteiger charge is 2.13. The number of nitrogens with two attached hydrogens (primary N) is 1. The minimum atomic E-state index is -0.0995. The third-order valence-corrected chi connectivity index (χ3v) is 3.01. The first-order valence-corrected chi connectivity index (χ1v) is 6.35. The summed E-state index contributed by atoms with van der Waals surface area (Å²) < 4.78 is 5.63. The molecule has 0 aliphatic heterocycles. The van der Waals surface area contributed by atoms with E-state index < -0.39 is 0 Å². The van der Waals surface area contributed by atoms with Crippen molar-refractivity contribution in [2.45, 2.75) is 6.92 Å². The van der Waals surface area contributed by atoms with E-state index in [1.807, 2.05) is 0 Å². The average Bonchev–Trinajstić information content (AvgIpc) is 2.41. The van der Waals surface area contributed by atoms with Crippen LogP contribution in [0.25, 0.3) is 0 Å². The largest absolute Gasteiger partial charge is 0.437 e. The molecule has 2 rings (SSSR count). The highest BCUT2D eigenvalue weighted by atomic mass is 35.5. The van der Waals surface area contributed by atoms with Gasteiger partial charge >= 0.3 is 0 Å². The Kier molecular flexibility index (Phi) is 4.32. The molecule has 20 heavy (non-hydrogen) atoms. The number of aromatic nitrogens is 1. The van der Waals surface area contributed by atoms with Crippen molar-refractivity contribution in [3.63, 3.8) is 0 Å². The Morgan fingerprint density at radius 1 is 1.30 bits per heavy atom. The van der Waals surface area contributed by atoms with Crippen LogP contribution in [0.4, 0.5) is 0 Å². The van der Waals surface area contributed by atoms with Gasteiger partial charge in [0.25, 0.3) is 0 Å². The first-order chi connectivity index (χ1) is 9.51. The summed E-state index contributed by atoms with van der Waals surface area (Å²) in [5.74, 6) is 0.475. The summed E-state index contributed by atoms with van der Waals surface area (Å²) in [5.41, 5.74) is 6.67. The fourth-order valence-electron chi connectivity index (χ4n) is 1.52. The van der Waals surface area contributed by atoms with Crippen molar-refractivity contribution in [1.82, 2.24) is 4.98 Å². The molecule has 7 heteroatoms. The van der Waals surface area contributed by atoms with Gasteiger partial charge in [0.2, 0.25) is 5.88 Å². The zero-order valence-corrected chi connectivity index (χ0v) is 12.0. The molecule has 0 saturated heterocycles. The fraction of sp³-hybridized carbons (Fsp3) is 0.0769. The standard InChI is InChI=1S/C13H11Cl2N3O2/c1-7-2-4-9(12(16)18-19)13(17-7)20-11-5-3-8(14)6-10(11)15/h2-6,19H,1H3,(H2,16,18). The number of oxime groups is 1. The van der Waals surface area contributed by atoms with Crippen molar-refractivity contribution in [1.29, 1.82) is 0 Å². The van der Waals surface area contributed by atoms with Gasteiger partial charge in [-0.25, -0.2) is 4.98 Å². The molecule has 104 valence electrons. The smallest absolute Gasteiger partial charge is 0.230 e. The molecule has 0 amide bonds. The molecule has 2 aromatic rings. The quantitative estimate of drug-likeness (QED) is 0.393. The lowest BCUT2D eigenvalue weighted by molar-refractivity contribution is 0.318. The number of hydrogen-bond acceptors (Lipinski definition) is 4. The van der Waals surface area contributed by atoms with Crippen molar-refractivity contribution in [2.75, 3.05) is 0 Å². The van der Waals surface area contributed by atoms with Crippen LogP contribution in [0.3, 0.4) is 0 Å². The lowest BCUT2D eigenvalue weighted by Crippen LogP contribution is -2.15. The second-order valence-electron chi connectivity index (χ2n) is 3.97. The summed E-state index contributed by atoms with van der Waals surface area (Å²) in [6, 6.07) is 8.18. The van der Waals surface area contributed by atoms with E-state index in [1.54, 1.807) is 37.3 Å². The second kappa shape index (κ2) is 5.98. The Morgan fingerprint density at radius 3 is 2.70 bits per heavy atom. The summed E-state index contributed by atoms with van der Waals surface area (Å²) >= 11 is 11.9. The summed E-state index contributed by atoms with van der Waals surface area (Å²) in [5, 5.41) is 12.6. The maximum Gasteiger partial charge on any atom is 0.230 e. The van der Waals surface area contributed by atoms with E-state index >= 15 is 0 Å². The highest BCUT2D eigenvalue weighted by molar-refractivity contribution is 6.35. The van der Waals surface area contributed by atoms with Crippen LogP contribution in [-0.2, 0) is 0 Å². The number of amidine groups is 1. The number of benzene rings is 1. The van der Waals surface area contributed by atoms with E-state index in [2.05, 4.69) is 10.1 Å². The number of aryl methyl sites for hydroxylation is 1. The molecular weight excluding hydrogens is 301 g/mol. The fourth-order valence-corrected chi connectivity index (χ4v) is 1.97. The predicted molar refractivity (Wildman–Crippen MR) is 78.0 cm³/mol. The van der Waals surface area contributed by atoms with Crippen LogP contribution < -0.4 is 10.5 Å². The number of ether oxygens (including phenoxy) is 1. The van der Waals surface area contributed by atoms with Gasteiger partial charge in [-0.1, -0.05) is 28.4 Å². The molecule has 0 fully saturated rings. The molecule has 3 N–H and O–H groups in total. The molecule has 1 aromatic heterocycles. The monoisotopic (exact) mass is 311 g/mol. The molecule has 0 atom stereocenters. The maximum atomic E-state index is 8.78. The van der Waals surface area contributed by atoms with Gasteiger partial charge in [-0.05, 0) is 37.3 Å². The Bertz CT molecular complexity index is 675. The minimum absolute atomic E-state index is 0.0995. The Balaban J connectivity index is 2.44. The summed E-state index contributed by atoms with van der Waals surface area (Å²) in [6.45, 7) is 1.80. The van der Waals surface area contributed by atoms with Gasteiger partial charge in [0, 0.05) is 10.7 Å². The first-order valence-electron chi connectivity index (χ1n) is 5.59. The Hall–Kier alpha value is -1.98. The van der Waals surface area contributed by atoms with Crippen molar-refractivity contribution in [3.05, 3.63) is 51.6 Å². The van der Waals surface area contributed by atoms with E-state index in [-0.39, 0.29) is 11.7 Å². The van der Waals surface area contributed by atoms with E-state index in [0.29, 0.717) is 21.4 Å². The molecule has 5 nitrogen and oxygen atoms in total. The molecule has 0 saturated carbocycles. The minimum Gasteiger partial charge on any atom is -0.437 e. The molecule has 0 radical (unpaired) electrons. The van der Waals surface area contributed by atoms with Crippen LogP contribution >= 0.6 is 23.2 Å². The van der Waals surface area contributed by atoms with Gasteiger partial charge in [0.1, 0.15) is 5.75 Å². The molecule has 0 bridgehead atoms. The molecule has 0 unspecified atom stereocenters. The summed E-state index contributed by atoms with van der Waals surface area (Å²) in [4.78, 5) is 4.22. The van der Waals surface area contributed by atoms with Gasteiger partial charge in [-0.2, -0.15) is 0 Å². The van der Waals surface area contributed by atoms with Crippen LogP contribution in [0.1, 0.15) is 11.3 Å². The molecule has 0 aliphatic carbocycles. The first kappa shape index (κ1) is 14.4. The second-order valence-corrected chi connectivity index (χ2v) is 4.81. The molecular formula is C13H11Cl2N3O2. The third kappa shape index (κ3) is 3.12. The van der Waals surface area contributed by atoms with Gasteiger partial charge in [0.05, 0.1) is 10.6 Å². The number of halogens is 2. The molecule has 0 spiro atoms. The van der Waals surface area contributed by atoms with Crippen molar-refractivity contribution in [3.8, 4) is 11.6 Å². The Morgan fingerprint density at radius 2 is 2.05 bits per heavy atom. The van der Waals surface area contributed by atoms with E-state index in [1.165, 1.54) is 0 Å². The van der Waals surface area contributed by atoms with E-state index in [0.717, 1.165) is 5.69 Å². The zero-order valence-electron chi connectivity index (χ0n) is 10.5. The van der Waals surface area contributed by atoms with Crippen LogP contribution in [0.15, 0.2) is 35.5 Å². The lowest BCUT2D eigenvalue weighted by atomic mass is 10.2.